The van der Waals surface area contributed by atoms with Crippen molar-refractivity contribution in [2.75, 3.05) is 6.54 Å². The Kier molecular flexibility index (Phi) is 6.62. The van der Waals surface area contributed by atoms with Gasteiger partial charge >= 0.3 is 0 Å². The maximum absolute atomic E-state index is 12.0. The quantitative estimate of drug-likeness (QED) is 0.426. The number of amides is 2. The Labute approximate surface area is 174 Å². The van der Waals surface area contributed by atoms with Gasteiger partial charge in [0.1, 0.15) is 11.5 Å². The van der Waals surface area contributed by atoms with Gasteiger partial charge in [0.25, 0.3) is 11.8 Å². The van der Waals surface area contributed by atoms with E-state index in [0.717, 1.165) is 5.56 Å². The highest BCUT2D eigenvalue weighted by molar-refractivity contribution is 9.10. The lowest BCUT2D eigenvalue weighted by Crippen LogP contribution is -2.35. The number of benzene rings is 2. The van der Waals surface area contributed by atoms with Crippen LogP contribution >= 0.6 is 27.5 Å². The molecule has 0 fully saturated rings. The molecule has 0 saturated carbocycles. The van der Waals surface area contributed by atoms with Crippen LogP contribution in [-0.4, -0.2) is 24.6 Å². The lowest BCUT2D eigenvalue weighted by Gasteiger charge is -2.05. The molecule has 0 bridgehead atoms. The van der Waals surface area contributed by atoms with Crippen molar-refractivity contribution in [2.24, 2.45) is 5.10 Å². The predicted molar refractivity (Wildman–Crippen MR) is 111 cm³/mol. The molecule has 0 aliphatic heterocycles. The SMILES string of the molecule is O=C(CNC(=O)c1ccccc1Br)NN=Cc1ccc(-c2ccc(Cl)cc2)o1. The molecule has 1 aromatic heterocycles. The summed E-state index contributed by atoms with van der Waals surface area (Å²) in [6, 6.07) is 17.7. The standard InChI is InChI=1S/C20H15BrClN3O3/c21-17-4-2-1-3-16(17)20(27)23-12-19(26)25-24-11-15-9-10-18(28-15)13-5-7-14(22)8-6-13/h1-11H,12H2,(H,23,27)(H,25,26). The van der Waals surface area contributed by atoms with Gasteiger partial charge in [-0.1, -0.05) is 23.7 Å². The van der Waals surface area contributed by atoms with E-state index in [1.54, 1.807) is 48.5 Å². The zero-order valence-corrected chi connectivity index (χ0v) is 16.8. The minimum absolute atomic E-state index is 0.203. The molecule has 0 atom stereocenters. The molecule has 0 aliphatic carbocycles. The van der Waals surface area contributed by atoms with Crippen molar-refractivity contribution >= 4 is 45.6 Å². The molecule has 6 nitrogen and oxygen atoms in total. The maximum atomic E-state index is 12.0. The first-order valence-corrected chi connectivity index (χ1v) is 9.40. The van der Waals surface area contributed by atoms with Crippen LogP contribution in [0.4, 0.5) is 0 Å². The van der Waals surface area contributed by atoms with Crippen LogP contribution in [0.15, 0.2) is 74.7 Å². The number of hydrogen-bond acceptors (Lipinski definition) is 4. The summed E-state index contributed by atoms with van der Waals surface area (Å²) in [5.74, 6) is 0.319. The second-order valence-corrected chi connectivity index (χ2v) is 6.96. The zero-order valence-electron chi connectivity index (χ0n) is 14.5. The Morgan fingerprint density at radius 1 is 1.07 bits per heavy atom. The molecule has 1 heterocycles. The van der Waals surface area contributed by atoms with Crippen LogP contribution in [-0.2, 0) is 4.79 Å². The highest BCUT2D eigenvalue weighted by atomic mass is 79.9. The smallest absolute Gasteiger partial charge is 0.259 e. The van der Waals surface area contributed by atoms with Crippen molar-refractivity contribution in [1.82, 2.24) is 10.7 Å². The highest BCUT2D eigenvalue weighted by Gasteiger charge is 2.10. The Hall–Kier alpha value is -2.90. The third kappa shape index (κ3) is 5.31. The van der Waals surface area contributed by atoms with Gasteiger partial charge in [0.15, 0.2) is 0 Å². The number of hydrogen-bond donors (Lipinski definition) is 2. The second kappa shape index (κ2) is 9.34. The van der Waals surface area contributed by atoms with Crippen molar-refractivity contribution in [3.8, 4) is 11.3 Å². The number of carbonyl (C=O) groups excluding carboxylic acids is 2. The van der Waals surface area contributed by atoms with E-state index in [4.69, 9.17) is 16.0 Å². The van der Waals surface area contributed by atoms with E-state index in [0.29, 0.717) is 26.6 Å². The molecule has 142 valence electrons. The molecule has 2 aromatic carbocycles. The fourth-order valence-electron chi connectivity index (χ4n) is 2.30. The number of hydrazone groups is 1. The van der Waals surface area contributed by atoms with Crippen LogP contribution < -0.4 is 10.7 Å². The third-order valence-electron chi connectivity index (χ3n) is 3.66. The van der Waals surface area contributed by atoms with E-state index in [9.17, 15) is 9.59 Å². The van der Waals surface area contributed by atoms with Crippen LogP contribution in [0.2, 0.25) is 5.02 Å². The average Bonchev–Trinajstić information content (AvgIpc) is 3.16. The molecular formula is C20H15BrClN3O3. The van der Waals surface area contributed by atoms with Crippen molar-refractivity contribution in [2.45, 2.75) is 0 Å². The molecule has 2 N–H and O–H groups in total. The molecule has 0 aliphatic rings. The summed E-state index contributed by atoms with van der Waals surface area (Å²) in [5.41, 5.74) is 3.66. The van der Waals surface area contributed by atoms with E-state index in [2.05, 4.69) is 31.8 Å². The molecule has 0 radical (unpaired) electrons. The van der Waals surface area contributed by atoms with Crippen LogP contribution in [0.1, 0.15) is 16.1 Å². The molecule has 3 rings (SSSR count). The van der Waals surface area contributed by atoms with Crippen molar-refractivity contribution < 1.29 is 14.0 Å². The van der Waals surface area contributed by atoms with E-state index < -0.39 is 5.91 Å². The highest BCUT2D eigenvalue weighted by Crippen LogP contribution is 2.23. The number of halogens is 2. The predicted octanol–water partition coefficient (Wildman–Crippen LogP) is 4.24. The van der Waals surface area contributed by atoms with Crippen LogP contribution in [0.3, 0.4) is 0 Å². The number of rotatable bonds is 6. The van der Waals surface area contributed by atoms with E-state index in [-0.39, 0.29) is 12.5 Å². The third-order valence-corrected chi connectivity index (χ3v) is 4.61. The first kappa shape index (κ1) is 19.9. The van der Waals surface area contributed by atoms with Crippen LogP contribution in [0, 0.1) is 0 Å². The van der Waals surface area contributed by atoms with E-state index in [1.807, 2.05) is 12.1 Å². The summed E-state index contributed by atoms with van der Waals surface area (Å²) in [5, 5.41) is 7.01. The van der Waals surface area contributed by atoms with Crippen molar-refractivity contribution in [3.63, 3.8) is 0 Å². The molecule has 8 heteroatoms. The molecule has 2 amide bonds. The molecular weight excluding hydrogens is 446 g/mol. The number of furan rings is 1. The Morgan fingerprint density at radius 2 is 1.82 bits per heavy atom. The largest absolute Gasteiger partial charge is 0.455 e. The molecule has 0 spiro atoms. The summed E-state index contributed by atoms with van der Waals surface area (Å²) < 4.78 is 6.29. The van der Waals surface area contributed by atoms with Crippen molar-refractivity contribution in [1.29, 1.82) is 0 Å². The normalized spacial score (nSPS) is 10.8. The van der Waals surface area contributed by atoms with Gasteiger partial charge in [0.05, 0.1) is 18.3 Å². The summed E-state index contributed by atoms with van der Waals surface area (Å²) in [6.45, 7) is -0.203. The van der Waals surface area contributed by atoms with Crippen LogP contribution in [0.25, 0.3) is 11.3 Å². The molecule has 3 aromatic rings. The summed E-state index contributed by atoms with van der Waals surface area (Å²) in [4.78, 5) is 23.9. The Balaban J connectivity index is 1.49. The number of nitrogens with zero attached hydrogens (tertiary/aromatic N) is 1. The topological polar surface area (TPSA) is 83.7 Å². The van der Waals surface area contributed by atoms with Gasteiger partial charge in [0, 0.05) is 15.1 Å². The molecule has 28 heavy (non-hydrogen) atoms. The number of nitrogens with one attached hydrogen (secondary N) is 2. The minimum Gasteiger partial charge on any atom is -0.455 e. The minimum atomic E-state index is -0.457. The summed E-state index contributed by atoms with van der Waals surface area (Å²) in [7, 11) is 0. The zero-order chi connectivity index (χ0) is 19.9. The van der Waals surface area contributed by atoms with Gasteiger partial charge in [-0.3, -0.25) is 9.59 Å². The van der Waals surface area contributed by atoms with Crippen LogP contribution in [0.5, 0.6) is 0 Å². The van der Waals surface area contributed by atoms with Gasteiger partial charge in [-0.05, 0) is 64.5 Å². The van der Waals surface area contributed by atoms with Gasteiger partial charge < -0.3 is 9.73 Å². The Bertz CT molecular complexity index is 1020. The fraction of sp³-hybridized carbons (Fsp3) is 0.0500. The Morgan fingerprint density at radius 3 is 2.57 bits per heavy atom. The van der Waals surface area contributed by atoms with Crippen molar-refractivity contribution in [3.05, 3.63) is 81.5 Å². The fourth-order valence-corrected chi connectivity index (χ4v) is 2.89. The van der Waals surface area contributed by atoms with Gasteiger partial charge in [0.2, 0.25) is 0 Å². The van der Waals surface area contributed by atoms with E-state index in [1.165, 1.54) is 6.21 Å². The lowest BCUT2D eigenvalue weighted by molar-refractivity contribution is -0.120. The lowest BCUT2D eigenvalue weighted by atomic mass is 10.2. The first-order valence-electron chi connectivity index (χ1n) is 8.23. The van der Waals surface area contributed by atoms with Gasteiger partial charge in [-0.25, -0.2) is 5.43 Å². The first-order chi connectivity index (χ1) is 13.5. The second-order valence-electron chi connectivity index (χ2n) is 5.66. The monoisotopic (exact) mass is 459 g/mol. The van der Waals surface area contributed by atoms with E-state index >= 15 is 0 Å². The maximum Gasteiger partial charge on any atom is 0.259 e. The molecule has 0 saturated heterocycles. The number of carbonyl (C=O) groups is 2. The van der Waals surface area contributed by atoms with Gasteiger partial charge in [-0.15, -0.1) is 0 Å². The summed E-state index contributed by atoms with van der Waals surface area (Å²) in [6.07, 6.45) is 1.38. The molecule has 0 unspecified atom stereocenters. The average molecular weight is 461 g/mol. The summed E-state index contributed by atoms with van der Waals surface area (Å²) >= 11 is 9.16. The van der Waals surface area contributed by atoms with Gasteiger partial charge in [-0.2, -0.15) is 5.10 Å².